The Morgan fingerprint density at radius 1 is 1.35 bits per heavy atom. The first-order valence-corrected chi connectivity index (χ1v) is 7.69. The Morgan fingerprint density at radius 3 is 2.65 bits per heavy atom. The smallest absolute Gasteiger partial charge is 0.307 e. The van der Waals surface area contributed by atoms with Gasteiger partial charge in [0.25, 0.3) is 0 Å². The minimum absolute atomic E-state index is 0.0951. The lowest BCUT2D eigenvalue weighted by atomic mass is 9.78. The van der Waals surface area contributed by atoms with Crippen molar-refractivity contribution in [3.05, 3.63) is 46.2 Å². The first-order chi connectivity index (χ1) is 9.56. The van der Waals surface area contributed by atoms with Crippen molar-refractivity contribution in [2.45, 2.75) is 38.0 Å². The molecule has 1 saturated carbocycles. The molecule has 0 spiro atoms. The summed E-state index contributed by atoms with van der Waals surface area (Å²) >= 11 is 3.17. The highest BCUT2D eigenvalue weighted by molar-refractivity contribution is 9.10. The van der Waals surface area contributed by atoms with E-state index in [2.05, 4.69) is 15.9 Å². The molecule has 0 heterocycles. The number of benzene rings is 1. The first-order valence-electron chi connectivity index (χ1n) is 6.89. The van der Waals surface area contributed by atoms with E-state index in [1.807, 2.05) is 12.1 Å². The number of carboxylic acids is 1. The number of rotatable bonds is 4. The zero-order valence-corrected chi connectivity index (χ0v) is 12.8. The van der Waals surface area contributed by atoms with E-state index in [1.165, 1.54) is 0 Å². The molecular formula is C16H18BrFO2. The Labute approximate surface area is 126 Å². The highest BCUT2D eigenvalue weighted by Gasteiger charge is 2.21. The van der Waals surface area contributed by atoms with Gasteiger partial charge in [-0.05, 0) is 71.1 Å². The van der Waals surface area contributed by atoms with Crippen LogP contribution in [0.25, 0.3) is 0 Å². The fraction of sp³-hybridized carbons (Fsp3) is 0.438. The Kier molecular flexibility index (Phi) is 5.35. The zero-order valence-electron chi connectivity index (χ0n) is 11.2. The van der Waals surface area contributed by atoms with Crippen molar-refractivity contribution >= 4 is 21.9 Å². The molecular weight excluding hydrogens is 323 g/mol. The molecule has 1 aromatic carbocycles. The normalized spacial score (nSPS) is 23.1. The standard InChI is InChI=1S/C16H18BrFO2/c17-14-9-8-13(10-15(14)18)12-6-4-11(5-7-12)2-1-3-16(19)20/h1-2,8-12H,3-7H2,(H,19,20)/t11-,12-. The molecule has 0 unspecified atom stereocenters. The first kappa shape index (κ1) is 15.2. The van der Waals surface area contributed by atoms with Gasteiger partial charge in [-0.15, -0.1) is 0 Å². The molecule has 20 heavy (non-hydrogen) atoms. The van der Waals surface area contributed by atoms with E-state index in [9.17, 15) is 9.18 Å². The van der Waals surface area contributed by atoms with Crippen molar-refractivity contribution in [3.8, 4) is 0 Å². The van der Waals surface area contributed by atoms with Crippen LogP contribution >= 0.6 is 15.9 Å². The Hall–Kier alpha value is -1.16. The van der Waals surface area contributed by atoms with E-state index in [1.54, 1.807) is 18.2 Å². The SMILES string of the molecule is O=C(O)CC=C[C@H]1CC[C@H](c2ccc(Br)c(F)c2)CC1. The number of hydrogen-bond donors (Lipinski definition) is 1. The zero-order chi connectivity index (χ0) is 14.5. The second-order valence-electron chi connectivity index (χ2n) is 5.31. The number of carboxylic acid groups (broad SMARTS) is 1. The summed E-state index contributed by atoms with van der Waals surface area (Å²) in [6.07, 6.45) is 8.00. The van der Waals surface area contributed by atoms with Gasteiger partial charge in [0.2, 0.25) is 0 Å². The van der Waals surface area contributed by atoms with E-state index in [0.29, 0.717) is 16.3 Å². The van der Waals surface area contributed by atoms with Crippen LogP contribution in [0.3, 0.4) is 0 Å². The van der Waals surface area contributed by atoms with Crippen LogP contribution in [0.1, 0.15) is 43.6 Å². The summed E-state index contributed by atoms with van der Waals surface area (Å²) in [5.41, 5.74) is 1.07. The molecule has 0 amide bonds. The summed E-state index contributed by atoms with van der Waals surface area (Å²) < 4.78 is 14.0. The molecule has 108 valence electrons. The van der Waals surface area contributed by atoms with Crippen molar-refractivity contribution in [1.82, 2.24) is 0 Å². The number of allylic oxidation sites excluding steroid dienone is 1. The highest BCUT2D eigenvalue weighted by Crippen LogP contribution is 2.37. The van der Waals surface area contributed by atoms with Crippen LogP contribution in [0.2, 0.25) is 0 Å². The third-order valence-electron chi connectivity index (χ3n) is 3.89. The fourth-order valence-corrected chi connectivity index (χ4v) is 3.02. The maximum atomic E-state index is 13.5. The lowest BCUT2D eigenvalue weighted by molar-refractivity contribution is -0.136. The Bertz CT molecular complexity index is 505. The fourth-order valence-electron chi connectivity index (χ4n) is 2.77. The summed E-state index contributed by atoms with van der Waals surface area (Å²) in [5.74, 6) is -0.112. The van der Waals surface area contributed by atoms with Crippen molar-refractivity contribution in [3.63, 3.8) is 0 Å². The van der Waals surface area contributed by atoms with Crippen LogP contribution in [0.4, 0.5) is 4.39 Å². The Morgan fingerprint density at radius 2 is 2.05 bits per heavy atom. The molecule has 2 rings (SSSR count). The van der Waals surface area contributed by atoms with Gasteiger partial charge in [-0.1, -0.05) is 18.2 Å². The lowest BCUT2D eigenvalue weighted by Gasteiger charge is -2.27. The monoisotopic (exact) mass is 340 g/mol. The van der Waals surface area contributed by atoms with Crippen LogP contribution in [-0.2, 0) is 4.79 Å². The largest absolute Gasteiger partial charge is 0.481 e. The number of hydrogen-bond acceptors (Lipinski definition) is 1. The molecule has 0 bridgehead atoms. The molecule has 4 heteroatoms. The molecule has 2 nitrogen and oxygen atoms in total. The molecule has 1 N–H and O–H groups in total. The summed E-state index contributed by atoms with van der Waals surface area (Å²) in [4.78, 5) is 10.4. The van der Waals surface area contributed by atoms with E-state index >= 15 is 0 Å². The number of halogens is 2. The molecule has 0 aliphatic heterocycles. The molecule has 0 aromatic heterocycles. The third-order valence-corrected chi connectivity index (χ3v) is 4.53. The molecule has 1 fully saturated rings. The second-order valence-corrected chi connectivity index (χ2v) is 6.17. The van der Waals surface area contributed by atoms with Crippen molar-refractivity contribution in [2.24, 2.45) is 5.92 Å². The molecule has 0 radical (unpaired) electrons. The molecule has 1 aliphatic rings. The minimum atomic E-state index is -0.791. The van der Waals surface area contributed by atoms with Gasteiger partial charge in [-0.25, -0.2) is 4.39 Å². The van der Waals surface area contributed by atoms with Gasteiger partial charge in [0.05, 0.1) is 10.9 Å². The quantitative estimate of drug-likeness (QED) is 0.792. The van der Waals surface area contributed by atoms with Crippen LogP contribution in [0.5, 0.6) is 0 Å². The van der Waals surface area contributed by atoms with Crippen molar-refractivity contribution in [1.29, 1.82) is 0 Å². The third kappa shape index (κ3) is 4.17. The molecule has 0 atom stereocenters. The maximum absolute atomic E-state index is 13.5. The van der Waals surface area contributed by atoms with Crippen molar-refractivity contribution < 1.29 is 14.3 Å². The van der Waals surface area contributed by atoms with Gasteiger partial charge in [0.15, 0.2) is 0 Å². The molecule has 1 aliphatic carbocycles. The van der Waals surface area contributed by atoms with Crippen molar-refractivity contribution in [2.75, 3.05) is 0 Å². The highest BCUT2D eigenvalue weighted by atomic mass is 79.9. The minimum Gasteiger partial charge on any atom is -0.481 e. The van der Waals surface area contributed by atoms with Gasteiger partial charge < -0.3 is 5.11 Å². The summed E-state index contributed by atoms with van der Waals surface area (Å²) in [7, 11) is 0. The lowest BCUT2D eigenvalue weighted by Crippen LogP contribution is -2.12. The maximum Gasteiger partial charge on any atom is 0.307 e. The second kappa shape index (κ2) is 7.02. The molecule has 0 saturated heterocycles. The van der Waals surface area contributed by atoms with Gasteiger partial charge in [0.1, 0.15) is 5.82 Å². The van der Waals surface area contributed by atoms with E-state index in [4.69, 9.17) is 5.11 Å². The predicted octanol–water partition coefficient (Wildman–Crippen LogP) is 4.89. The van der Waals surface area contributed by atoms with E-state index in [0.717, 1.165) is 31.2 Å². The summed E-state index contributed by atoms with van der Waals surface area (Å²) in [6, 6.07) is 5.37. The topological polar surface area (TPSA) is 37.3 Å². The predicted molar refractivity (Wildman–Crippen MR) is 80.2 cm³/mol. The average Bonchev–Trinajstić information content (AvgIpc) is 2.42. The van der Waals surface area contributed by atoms with Crippen LogP contribution in [-0.4, -0.2) is 11.1 Å². The number of aliphatic carboxylic acids is 1. The molecule has 1 aromatic rings. The van der Waals surface area contributed by atoms with Gasteiger partial charge in [-0.3, -0.25) is 4.79 Å². The van der Waals surface area contributed by atoms with Gasteiger partial charge in [0, 0.05) is 0 Å². The number of carbonyl (C=O) groups is 1. The Balaban J connectivity index is 1.89. The van der Waals surface area contributed by atoms with Crippen LogP contribution < -0.4 is 0 Å². The van der Waals surface area contributed by atoms with E-state index < -0.39 is 5.97 Å². The van der Waals surface area contributed by atoms with Gasteiger partial charge in [-0.2, -0.15) is 0 Å². The van der Waals surface area contributed by atoms with Crippen LogP contribution in [0, 0.1) is 11.7 Å². The summed E-state index contributed by atoms with van der Waals surface area (Å²) in [5, 5.41) is 8.59. The summed E-state index contributed by atoms with van der Waals surface area (Å²) in [6.45, 7) is 0. The van der Waals surface area contributed by atoms with Gasteiger partial charge >= 0.3 is 5.97 Å². The van der Waals surface area contributed by atoms with E-state index in [-0.39, 0.29) is 12.2 Å². The average molecular weight is 341 g/mol. The van der Waals surface area contributed by atoms with Crippen LogP contribution in [0.15, 0.2) is 34.8 Å².